The number of pyridine rings is 1. The molecule has 5 heteroatoms. The van der Waals surface area contributed by atoms with Crippen LogP contribution < -0.4 is 5.73 Å². The van der Waals surface area contributed by atoms with Crippen molar-refractivity contribution in [3.63, 3.8) is 0 Å². The fourth-order valence-electron chi connectivity index (χ4n) is 4.48. The largest absolute Gasteiger partial charge is 0.334 e. The van der Waals surface area contributed by atoms with Crippen LogP contribution in [0.1, 0.15) is 54.5 Å². The summed E-state index contributed by atoms with van der Waals surface area (Å²) >= 11 is 0. The molecule has 0 radical (unpaired) electrons. The van der Waals surface area contributed by atoms with Crippen LogP contribution in [0.15, 0.2) is 29.0 Å². The van der Waals surface area contributed by atoms with Crippen molar-refractivity contribution in [3.8, 4) is 22.8 Å². The molecule has 0 fully saturated rings. The molecule has 2 N–H and O–H groups in total. The molecule has 0 atom stereocenters. The van der Waals surface area contributed by atoms with Gasteiger partial charge >= 0.3 is 0 Å². The Balaban J connectivity index is 1.67. The smallest absolute Gasteiger partial charge is 0.260 e. The van der Waals surface area contributed by atoms with E-state index in [-0.39, 0.29) is 0 Å². The van der Waals surface area contributed by atoms with Crippen LogP contribution in [-0.4, -0.2) is 21.7 Å². The molecule has 0 bridgehead atoms. The maximum Gasteiger partial charge on any atom is 0.260 e. The van der Waals surface area contributed by atoms with E-state index in [2.05, 4.69) is 50.0 Å². The molecule has 0 spiro atoms. The van der Waals surface area contributed by atoms with Crippen molar-refractivity contribution < 1.29 is 4.52 Å². The van der Waals surface area contributed by atoms with Gasteiger partial charge in [0.25, 0.3) is 5.89 Å². The van der Waals surface area contributed by atoms with E-state index in [1.54, 1.807) is 0 Å². The van der Waals surface area contributed by atoms with Crippen LogP contribution in [-0.2, 0) is 19.3 Å². The van der Waals surface area contributed by atoms with E-state index in [1.165, 1.54) is 27.8 Å². The van der Waals surface area contributed by atoms with Crippen molar-refractivity contribution in [1.82, 2.24) is 15.1 Å². The molecule has 0 saturated heterocycles. The van der Waals surface area contributed by atoms with Gasteiger partial charge in [-0.1, -0.05) is 19.0 Å². The molecule has 0 saturated carbocycles. The van der Waals surface area contributed by atoms with Crippen LogP contribution in [0, 0.1) is 19.3 Å². The lowest BCUT2D eigenvalue weighted by Gasteiger charge is -2.31. The van der Waals surface area contributed by atoms with Gasteiger partial charge in [0, 0.05) is 18.0 Å². The number of hydrogen-bond donors (Lipinski definition) is 1. The van der Waals surface area contributed by atoms with E-state index in [0.717, 1.165) is 43.2 Å². The maximum atomic E-state index is 5.68. The standard InChI is InChI=1S/C24H30N4O/c1-15-10-17(11-16(2)19(15)6-5-9-25)22-27-23(29-28-22)21-14-26-13-18-12-24(3,4)8-7-20(18)21/h10-11,13-14H,5-9,12,25H2,1-4H3. The van der Waals surface area contributed by atoms with Crippen LogP contribution in [0.4, 0.5) is 0 Å². The van der Waals surface area contributed by atoms with Crippen LogP contribution in [0.5, 0.6) is 0 Å². The lowest BCUT2D eigenvalue weighted by Crippen LogP contribution is -2.22. The van der Waals surface area contributed by atoms with Gasteiger partial charge in [0.1, 0.15) is 0 Å². The van der Waals surface area contributed by atoms with E-state index < -0.39 is 0 Å². The Morgan fingerprint density at radius 2 is 1.90 bits per heavy atom. The Morgan fingerprint density at radius 1 is 1.14 bits per heavy atom. The van der Waals surface area contributed by atoms with Gasteiger partial charge in [-0.2, -0.15) is 4.98 Å². The zero-order valence-corrected chi connectivity index (χ0v) is 17.9. The second-order valence-corrected chi connectivity index (χ2v) is 9.07. The normalized spacial score (nSPS) is 15.3. The first-order valence-corrected chi connectivity index (χ1v) is 10.5. The van der Waals surface area contributed by atoms with Gasteiger partial charge in [0.15, 0.2) is 0 Å². The zero-order chi connectivity index (χ0) is 20.6. The predicted molar refractivity (Wildman–Crippen MR) is 116 cm³/mol. The van der Waals surface area contributed by atoms with E-state index in [0.29, 0.717) is 23.7 Å². The molecule has 1 aliphatic carbocycles. The SMILES string of the molecule is Cc1cc(-c2noc(-c3cncc4c3CCC(C)(C)C4)n2)cc(C)c1CCCN. The van der Waals surface area contributed by atoms with Crippen LogP contribution in [0.3, 0.4) is 0 Å². The van der Waals surface area contributed by atoms with Crippen molar-refractivity contribution in [2.45, 2.75) is 59.8 Å². The fraction of sp³-hybridized carbons (Fsp3) is 0.458. The van der Waals surface area contributed by atoms with E-state index in [1.807, 2.05) is 12.4 Å². The summed E-state index contributed by atoms with van der Waals surface area (Å²) < 4.78 is 5.68. The summed E-state index contributed by atoms with van der Waals surface area (Å²) in [6.07, 6.45) is 9.06. The summed E-state index contributed by atoms with van der Waals surface area (Å²) in [5.41, 5.74) is 14.4. The highest BCUT2D eigenvalue weighted by Crippen LogP contribution is 2.38. The van der Waals surface area contributed by atoms with Crippen LogP contribution in [0.25, 0.3) is 22.8 Å². The summed E-state index contributed by atoms with van der Waals surface area (Å²) in [6.45, 7) is 9.62. The summed E-state index contributed by atoms with van der Waals surface area (Å²) in [5, 5.41) is 4.28. The quantitative estimate of drug-likeness (QED) is 0.676. The minimum atomic E-state index is 0.313. The monoisotopic (exact) mass is 390 g/mol. The topological polar surface area (TPSA) is 77.8 Å². The molecule has 3 aromatic rings. The molecule has 4 rings (SSSR count). The van der Waals surface area contributed by atoms with Gasteiger partial charge in [-0.25, -0.2) is 0 Å². The molecule has 1 aliphatic rings. The van der Waals surface area contributed by atoms with Crippen molar-refractivity contribution in [2.24, 2.45) is 11.1 Å². The molecule has 0 unspecified atom stereocenters. The van der Waals surface area contributed by atoms with Gasteiger partial charge in [-0.15, -0.1) is 0 Å². The highest BCUT2D eigenvalue weighted by atomic mass is 16.5. The van der Waals surface area contributed by atoms with Gasteiger partial charge in [0.05, 0.1) is 5.56 Å². The Kier molecular flexibility index (Phi) is 5.26. The third kappa shape index (κ3) is 3.97. The van der Waals surface area contributed by atoms with Gasteiger partial charge in [-0.3, -0.25) is 4.98 Å². The summed E-state index contributed by atoms with van der Waals surface area (Å²) in [6, 6.07) is 4.30. The minimum Gasteiger partial charge on any atom is -0.334 e. The first kappa shape index (κ1) is 19.8. The first-order chi connectivity index (χ1) is 13.9. The molecule has 0 amide bonds. The summed E-state index contributed by atoms with van der Waals surface area (Å²) in [7, 11) is 0. The minimum absolute atomic E-state index is 0.313. The number of hydrogen-bond acceptors (Lipinski definition) is 5. The number of rotatable bonds is 5. The molecule has 152 valence electrons. The summed E-state index contributed by atoms with van der Waals surface area (Å²) in [4.78, 5) is 9.18. The second-order valence-electron chi connectivity index (χ2n) is 9.07. The maximum absolute atomic E-state index is 5.68. The average Bonchev–Trinajstić information content (AvgIpc) is 3.16. The lowest BCUT2D eigenvalue weighted by atomic mass is 9.74. The number of benzene rings is 1. The van der Waals surface area contributed by atoms with Gasteiger partial charge in [-0.05, 0) is 97.9 Å². The lowest BCUT2D eigenvalue weighted by molar-refractivity contribution is 0.314. The molecule has 2 heterocycles. The Bertz CT molecular complexity index is 1010. The summed E-state index contributed by atoms with van der Waals surface area (Å²) in [5.74, 6) is 1.19. The fourth-order valence-corrected chi connectivity index (χ4v) is 4.48. The van der Waals surface area contributed by atoms with E-state index in [4.69, 9.17) is 15.2 Å². The number of nitrogens with two attached hydrogens (primary N) is 1. The highest BCUT2D eigenvalue weighted by molar-refractivity contribution is 5.65. The number of aryl methyl sites for hydroxylation is 2. The van der Waals surface area contributed by atoms with Crippen molar-refractivity contribution >= 4 is 0 Å². The molecule has 1 aromatic carbocycles. The zero-order valence-electron chi connectivity index (χ0n) is 17.9. The Labute approximate surface area is 172 Å². The molecule has 29 heavy (non-hydrogen) atoms. The number of nitrogens with zero attached hydrogens (tertiary/aromatic N) is 3. The van der Waals surface area contributed by atoms with E-state index >= 15 is 0 Å². The van der Waals surface area contributed by atoms with Crippen molar-refractivity contribution in [2.75, 3.05) is 6.54 Å². The average molecular weight is 391 g/mol. The molecular formula is C24H30N4O. The second kappa shape index (κ2) is 7.71. The predicted octanol–water partition coefficient (Wildman–Crippen LogP) is 4.82. The van der Waals surface area contributed by atoms with Crippen molar-refractivity contribution in [3.05, 3.63) is 52.3 Å². The molecule has 0 aliphatic heterocycles. The van der Waals surface area contributed by atoms with Crippen LogP contribution >= 0.6 is 0 Å². The number of aromatic nitrogens is 3. The van der Waals surface area contributed by atoms with Gasteiger partial charge < -0.3 is 10.3 Å². The molecule has 5 nitrogen and oxygen atoms in total. The molecule has 2 aromatic heterocycles. The Hall–Kier alpha value is -2.53. The van der Waals surface area contributed by atoms with Crippen molar-refractivity contribution in [1.29, 1.82) is 0 Å². The third-order valence-electron chi connectivity index (χ3n) is 6.11. The van der Waals surface area contributed by atoms with E-state index in [9.17, 15) is 0 Å². The van der Waals surface area contributed by atoms with Crippen LogP contribution in [0.2, 0.25) is 0 Å². The highest BCUT2D eigenvalue weighted by Gasteiger charge is 2.28. The number of fused-ring (bicyclic) bond motifs is 1. The first-order valence-electron chi connectivity index (χ1n) is 10.5. The molecular weight excluding hydrogens is 360 g/mol. The third-order valence-corrected chi connectivity index (χ3v) is 6.11. The van der Waals surface area contributed by atoms with Gasteiger partial charge in [0.2, 0.25) is 5.82 Å². The Morgan fingerprint density at radius 3 is 2.62 bits per heavy atom.